The molecule has 0 aromatic carbocycles. The second kappa shape index (κ2) is 9.24. The summed E-state index contributed by atoms with van der Waals surface area (Å²) in [6, 6.07) is 5.68. The average molecular weight is 448 g/mol. The van der Waals surface area contributed by atoms with Crippen LogP contribution in [0.2, 0.25) is 0 Å². The summed E-state index contributed by atoms with van der Waals surface area (Å²) < 4.78 is 0. The van der Waals surface area contributed by atoms with Crippen LogP contribution in [0.3, 0.4) is 0 Å². The van der Waals surface area contributed by atoms with Gasteiger partial charge >= 0.3 is 0 Å². The molecule has 1 aromatic rings. The van der Waals surface area contributed by atoms with Crippen LogP contribution < -0.4 is 15.1 Å². The van der Waals surface area contributed by atoms with E-state index in [0.717, 1.165) is 81.6 Å². The Morgan fingerprint density at radius 1 is 1.06 bits per heavy atom. The normalized spacial score (nSPS) is 28.9. The number of aryl methyl sites for hydroxylation is 1. The standard InChI is InChI=1S/C24H37N5O.ClH/c1-18-5-3-14-28(18)20-8-16-27(17-20)22-7-6-21(19(2)26-22)29-15-4-9-24(23(29)30)10-12-25-13-11-24;/h6-7,18,20,25H,3-5,8-17H2,1-2H3;1H/t18-,20+;/m0./s1. The van der Waals surface area contributed by atoms with E-state index < -0.39 is 0 Å². The lowest BCUT2D eigenvalue weighted by Gasteiger charge is -2.44. The van der Waals surface area contributed by atoms with Gasteiger partial charge in [0.15, 0.2) is 0 Å². The number of nitrogens with one attached hydrogen (secondary N) is 1. The molecule has 2 atom stereocenters. The van der Waals surface area contributed by atoms with E-state index in [0.29, 0.717) is 11.9 Å². The molecule has 0 aliphatic carbocycles. The minimum Gasteiger partial charge on any atom is -0.355 e. The van der Waals surface area contributed by atoms with Crippen LogP contribution in [0.4, 0.5) is 11.5 Å². The molecule has 4 fully saturated rings. The summed E-state index contributed by atoms with van der Waals surface area (Å²) in [5.74, 6) is 1.41. The van der Waals surface area contributed by atoms with Crippen molar-refractivity contribution in [1.29, 1.82) is 0 Å². The lowest BCUT2D eigenvalue weighted by Crippen LogP contribution is -2.53. The second-order valence-corrected chi connectivity index (χ2v) is 9.98. The van der Waals surface area contributed by atoms with Crippen molar-refractivity contribution < 1.29 is 4.79 Å². The Morgan fingerprint density at radius 3 is 2.58 bits per heavy atom. The minimum atomic E-state index is -0.150. The Kier molecular flexibility index (Phi) is 6.80. The molecular weight excluding hydrogens is 410 g/mol. The SMILES string of the molecule is Cc1nc(N2CC[C@@H](N3CCC[C@@H]3C)C2)ccc1N1CCCC2(CCNCC2)C1=O.Cl. The van der Waals surface area contributed by atoms with Crippen molar-refractivity contribution in [2.45, 2.75) is 70.9 Å². The smallest absolute Gasteiger partial charge is 0.233 e. The van der Waals surface area contributed by atoms with Gasteiger partial charge in [-0.05, 0) is 90.6 Å². The van der Waals surface area contributed by atoms with E-state index in [-0.39, 0.29) is 17.8 Å². The first-order valence-electron chi connectivity index (χ1n) is 12.1. The molecule has 1 N–H and O–H groups in total. The maximum Gasteiger partial charge on any atom is 0.233 e. The molecule has 4 aliphatic rings. The Labute approximate surface area is 193 Å². The molecule has 7 heteroatoms. The van der Waals surface area contributed by atoms with E-state index in [1.54, 1.807) is 0 Å². The van der Waals surface area contributed by atoms with Crippen LogP contribution in [0, 0.1) is 12.3 Å². The fourth-order valence-corrected chi connectivity index (χ4v) is 6.39. The molecule has 1 amide bonds. The van der Waals surface area contributed by atoms with Gasteiger partial charge in [-0.15, -0.1) is 12.4 Å². The molecule has 4 aliphatic heterocycles. The Bertz CT molecular complexity index is 791. The molecule has 4 saturated heterocycles. The Morgan fingerprint density at radius 2 is 1.87 bits per heavy atom. The summed E-state index contributed by atoms with van der Waals surface area (Å²) in [4.78, 5) is 25.6. The number of piperidine rings is 2. The highest BCUT2D eigenvalue weighted by atomic mass is 35.5. The van der Waals surface area contributed by atoms with E-state index in [2.05, 4.69) is 41.1 Å². The third-order valence-corrected chi connectivity index (χ3v) is 8.19. The number of anilines is 2. The highest BCUT2D eigenvalue weighted by Crippen LogP contribution is 2.41. The fraction of sp³-hybridized carbons (Fsp3) is 0.750. The molecular formula is C24H38ClN5O. The zero-order chi connectivity index (χ0) is 20.7. The molecule has 1 spiro atoms. The summed E-state index contributed by atoms with van der Waals surface area (Å²) >= 11 is 0. The van der Waals surface area contributed by atoms with Crippen LogP contribution >= 0.6 is 12.4 Å². The molecule has 0 unspecified atom stereocenters. The summed E-state index contributed by atoms with van der Waals surface area (Å²) in [5.41, 5.74) is 1.86. The van der Waals surface area contributed by atoms with Gasteiger partial charge in [-0.2, -0.15) is 0 Å². The van der Waals surface area contributed by atoms with Gasteiger partial charge < -0.3 is 15.1 Å². The van der Waals surface area contributed by atoms with Gasteiger partial charge in [-0.25, -0.2) is 4.98 Å². The third kappa shape index (κ3) is 4.19. The Hall–Kier alpha value is -1.37. The van der Waals surface area contributed by atoms with Gasteiger partial charge in [0.1, 0.15) is 5.82 Å². The Balaban J connectivity index is 0.00000231. The van der Waals surface area contributed by atoms with Crippen LogP contribution in [-0.2, 0) is 4.79 Å². The van der Waals surface area contributed by atoms with Gasteiger partial charge in [0.05, 0.1) is 16.8 Å². The maximum absolute atomic E-state index is 13.5. The molecule has 5 rings (SSSR count). The van der Waals surface area contributed by atoms with Crippen LogP contribution in [-0.4, -0.2) is 67.1 Å². The predicted octanol–water partition coefficient (Wildman–Crippen LogP) is 3.37. The van der Waals surface area contributed by atoms with Crippen molar-refractivity contribution in [3.63, 3.8) is 0 Å². The highest BCUT2D eigenvalue weighted by Gasteiger charge is 2.45. The number of nitrogens with zero attached hydrogens (tertiary/aromatic N) is 4. The lowest BCUT2D eigenvalue weighted by molar-refractivity contribution is -0.132. The van der Waals surface area contributed by atoms with Crippen LogP contribution in [0.1, 0.15) is 57.6 Å². The van der Waals surface area contributed by atoms with E-state index in [9.17, 15) is 4.79 Å². The van der Waals surface area contributed by atoms with Gasteiger partial charge in [0.25, 0.3) is 0 Å². The predicted molar refractivity (Wildman–Crippen MR) is 128 cm³/mol. The van der Waals surface area contributed by atoms with Crippen LogP contribution in [0.5, 0.6) is 0 Å². The maximum atomic E-state index is 13.5. The zero-order valence-electron chi connectivity index (χ0n) is 19.1. The van der Waals surface area contributed by atoms with E-state index in [4.69, 9.17) is 4.98 Å². The number of aromatic nitrogens is 1. The summed E-state index contributed by atoms with van der Waals surface area (Å²) in [6.07, 6.45) is 7.98. The molecule has 172 valence electrons. The largest absolute Gasteiger partial charge is 0.355 e. The number of hydrogen-bond acceptors (Lipinski definition) is 5. The zero-order valence-corrected chi connectivity index (χ0v) is 19.9. The first kappa shape index (κ1) is 22.8. The first-order chi connectivity index (χ1) is 14.6. The number of likely N-dealkylation sites (tertiary alicyclic amines) is 1. The molecule has 5 heterocycles. The van der Waals surface area contributed by atoms with Crippen molar-refractivity contribution in [3.8, 4) is 0 Å². The molecule has 0 radical (unpaired) electrons. The monoisotopic (exact) mass is 447 g/mol. The van der Waals surface area contributed by atoms with Crippen molar-refractivity contribution in [2.24, 2.45) is 5.41 Å². The number of hydrogen-bond donors (Lipinski definition) is 1. The van der Waals surface area contributed by atoms with Crippen molar-refractivity contribution in [2.75, 3.05) is 49.1 Å². The second-order valence-electron chi connectivity index (χ2n) is 9.98. The topological polar surface area (TPSA) is 51.7 Å². The van der Waals surface area contributed by atoms with Crippen molar-refractivity contribution in [3.05, 3.63) is 17.8 Å². The third-order valence-electron chi connectivity index (χ3n) is 8.19. The van der Waals surface area contributed by atoms with E-state index >= 15 is 0 Å². The minimum absolute atomic E-state index is 0. The molecule has 0 bridgehead atoms. The number of pyridine rings is 1. The van der Waals surface area contributed by atoms with Crippen LogP contribution in [0.15, 0.2) is 12.1 Å². The van der Waals surface area contributed by atoms with Gasteiger partial charge in [0.2, 0.25) is 5.91 Å². The summed E-state index contributed by atoms with van der Waals surface area (Å²) in [7, 11) is 0. The van der Waals surface area contributed by atoms with E-state index in [1.807, 2.05) is 4.90 Å². The molecule has 6 nitrogen and oxygen atoms in total. The van der Waals surface area contributed by atoms with Crippen molar-refractivity contribution >= 4 is 29.8 Å². The van der Waals surface area contributed by atoms with Gasteiger partial charge in [-0.1, -0.05) is 0 Å². The van der Waals surface area contributed by atoms with E-state index in [1.165, 1.54) is 25.8 Å². The summed E-state index contributed by atoms with van der Waals surface area (Å²) in [5, 5.41) is 3.42. The molecule has 0 saturated carbocycles. The highest BCUT2D eigenvalue weighted by molar-refractivity contribution is 5.99. The number of carbonyl (C=O) groups excluding carboxylic acids is 1. The number of halogens is 1. The lowest BCUT2D eigenvalue weighted by atomic mass is 9.72. The van der Waals surface area contributed by atoms with Crippen molar-refractivity contribution in [1.82, 2.24) is 15.2 Å². The summed E-state index contributed by atoms with van der Waals surface area (Å²) in [6.45, 7) is 10.6. The number of carbonyl (C=O) groups is 1. The van der Waals surface area contributed by atoms with Gasteiger partial charge in [-0.3, -0.25) is 9.69 Å². The quantitative estimate of drug-likeness (QED) is 0.769. The molecule has 1 aromatic heterocycles. The van der Waals surface area contributed by atoms with Crippen LogP contribution in [0.25, 0.3) is 0 Å². The average Bonchev–Trinajstić information content (AvgIpc) is 3.40. The number of rotatable bonds is 3. The molecule has 31 heavy (non-hydrogen) atoms. The van der Waals surface area contributed by atoms with Gasteiger partial charge in [0, 0.05) is 31.7 Å². The number of amides is 1. The fourth-order valence-electron chi connectivity index (χ4n) is 6.39. The first-order valence-corrected chi connectivity index (χ1v) is 12.1.